The molecular weight excluding hydrogens is 304 g/mol. The molecule has 1 aromatic rings. The molecule has 6 nitrogen and oxygen atoms in total. The predicted octanol–water partition coefficient (Wildman–Crippen LogP) is 1.03. The second kappa shape index (κ2) is 5.51. The lowest BCUT2D eigenvalue weighted by Crippen LogP contribution is -2.31. The van der Waals surface area contributed by atoms with Crippen molar-refractivity contribution in [3.05, 3.63) is 31.5 Å². The van der Waals surface area contributed by atoms with E-state index in [1.807, 2.05) is 0 Å². The fourth-order valence-electron chi connectivity index (χ4n) is 1.25. The molecule has 1 aromatic heterocycles. The highest BCUT2D eigenvalue weighted by molar-refractivity contribution is 9.10. The molecule has 7 heteroatoms. The number of aromatic nitrogens is 2. The maximum Gasteiger partial charge on any atom is 0.328 e. The number of hydrogen-bond donors (Lipinski definition) is 1. The molecule has 1 rings (SSSR count). The monoisotopic (exact) mass is 318 g/mol. The van der Waals surface area contributed by atoms with Gasteiger partial charge in [0.2, 0.25) is 0 Å². The molecule has 0 radical (unpaired) electrons. The molecule has 0 aliphatic heterocycles. The van der Waals surface area contributed by atoms with Crippen LogP contribution in [0.1, 0.15) is 27.2 Å². The van der Waals surface area contributed by atoms with E-state index < -0.39 is 22.8 Å². The van der Waals surface area contributed by atoms with Crippen LogP contribution in [0.4, 0.5) is 0 Å². The SMILES string of the molecule is CC(C)(C)OC(=O)CCn1cc(Br)c(=O)[nH]c1=O. The van der Waals surface area contributed by atoms with Crippen LogP contribution in [-0.2, 0) is 16.1 Å². The summed E-state index contributed by atoms with van der Waals surface area (Å²) in [5.74, 6) is -0.392. The summed E-state index contributed by atoms with van der Waals surface area (Å²) in [5.41, 5.74) is -1.59. The van der Waals surface area contributed by atoms with E-state index >= 15 is 0 Å². The van der Waals surface area contributed by atoms with Crippen LogP contribution in [0.3, 0.4) is 0 Å². The zero-order valence-electron chi connectivity index (χ0n) is 10.4. The van der Waals surface area contributed by atoms with E-state index in [4.69, 9.17) is 4.74 Å². The van der Waals surface area contributed by atoms with Gasteiger partial charge in [-0.3, -0.25) is 19.1 Å². The van der Waals surface area contributed by atoms with E-state index in [0.717, 1.165) is 0 Å². The average molecular weight is 319 g/mol. The number of halogens is 1. The fraction of sp³-hybridized carbons (Fsp3) is 0.545. The standard InChI is InChI=1S/C11H15BrN2O4/c1-11(2,3)18-8(15)4-5-14-6-7(12)9(16)13-10(14)17/h6H,4-5H2,1-3H3,(H,13,16,17). The Balaban J connectivity index is 2.70. The molecular formula is C11H15BrN2O4. The number of carbonyl (C=O) groups excluding carboxylic acids is 1. The number of aromatic amines is 1. The van der Waals surface area contributed by atoms with E-state index in [1.54, 1.807) is 20.8 Å². The molecule has 0 aliphatic carbocycles. The van der Waals surface area contributed by atoms with E-state index in [2.05, 4.69) is 20.9 Å². The number of carbonyl (C=O) groups is 1. The van der Waals surface area contributed by atoms with Gasteiger partial charge in [-0.2, -0.15) is 0 Å². The minimum absolute atomic E-state index is 0.0651. The van der Waals surface area contributed by atoms with Crippen molar-refractivity contribution in [1.29, 1.82) is 0 Å². The van der Waals surface area contributed by atoms with Crippen molar-refractivity contribution < 1.29 is 9.53 Å². The van der Waals surface area contributed by atoms with Gasteiger partial charge in [0.05, 0.1) is 10.9 Å². The molecule has 0 unspecified atom stereocenters. The maximum atomic E-state index is 11.5. The third kappa shape index (κ3) is 4.48. The minimum atomic E-state index is -0.549. The normalized spacial score (nSPS) is 11.3. The van der Waals surface area contributed by atoms with Crippen LogP contribution in [0, 0.1) is 0 Å². The van der Waals surface area contributed by atoms with Gasteiger partial charge in [-0.25, -0.2) is 4.79 Å². The number of H-pyrrole nitrogens is 1. The van der Waals surface area contributed by atoms with Gasteiger partial charge in [0.1, 0.15) is 5.60 Å². The zero-order valence-corrected chi connectivity index (χ0v) is 12.0. The molecule has 0 aliphatic rings. The van der Waals surface area contributed by atoms with Crippen LogP contribution in [-0.4, -0.2) is 21.1 Å². The number of ether oxygens (including phenoxy) is 1. The number of nitrogens with zero attached hydrogens (tertiary/aromatic N) is 1. The van der Waals surface area contributed by atoms with Crippen molar-refractivity contribution in [2.45, 2.75) is 39.3 Å². The van der Waals surface area contributed by atoms with Gasteiger partial charge < -0.3 is 4.74 Å². The van der Waals surface area contributed by atoms with Gasteiger partial charge in [0.15, 0.2) is 0 Å². The Kier molecular flexibility index (Phi) is 4.50. The van der Waals surface area contributed by atoms with Crippen LogP contribution in [0.2, 0.25) is 0 Å². The van der Waals surface area contributed by atoms with Gasteiger partial charge >= 0.3 is 11.7 Å². The fourth-order valence-corrected chi connectivity index (χ4v) is 1.60. The summed E-state index contributed by atoms with van der Waals surface area (Å²) in [4.78, 5) is 36.1. The lowest BCUT2D eigenvalue weighted by atomic mass is 10.2. The number of rotatable bonds is 3. The first kappa shape index (κ1) is 14.7. The molecule has 18 heavy (non-hydrogen) atoms. The van der Waals surface area contributed by atoms with Crippen molar-refractivity contribution in [2.24, 2.45) is 0 Å². The van der Waals surface area contributed by atoms with Gasteiger partial charge in [-0.1, -0.05) is 0 Å². The Labute approximate surface area is 112 Å². The Morgan fingerprint density at radius 1 is 1.44 bits per heavy atom. The highest BCUT2D eigenvalue weighted by atomic mass is 79.9. The number of hydrogen-bond acceptors (Lipinski definition) is 4. The molecule has 0 spiro atoms. The molecule has 1 heterocycles. The summed E-state index contributed by atoms with van der Waals surface area (Å²) in [6, 6.07) is 0. The first-order chi connectivity index (χ1) is 8.19. The van der Waals surface area contributed by atoms with Crippen LogP contribution in [0.15, 0.2) is 20.3 Å². The van der Waals surface area contributed by atoms with Crippen LogP contribution in [0.25, 0.3) is 0 Å². The summed E-state index contributed by atoms with van der Waals surface area (Å²) >= 11 is 3.02. The first-order valence-electron chi connectivity index (χ1n) is 5.40. The second-order valence-electron chi connectivity index (χ2n) is 4.77. The average Bonchev–Trinajstić information content (AvgIpc) is 2.19. The first-order valence-corrected chi connectivity index (χ1v) is 6.19. The summed E-state index contributed by atoms with van der Waals surface area (Å²) in [6.07, 6.45) is 1.42. The maximum absolute atomic E-state index is 11.5. The van der Waals surface area contributed by atoms with Gasteiger partial charge in [0.25, 0.3) is 5.56 Å². The molecule has 0 saturated heterocycles. The molecule has 0 fully saturated rings. The second-order valence-corrected chi connectivity index (χ2v) is 5.62. The molecule has 0 bridgehead atoms. The number of aryl methyl sites for hydroxylation is 1. The molecule has 0 atom stereocenters. The van der Waals surface area contributed by atoms with Gasteiger partial charge in [-0.15, -0.1) is 0 Å². The topological polar surface area (TPSA) is 81.2 Å². The van der Waals surface area contributed by atoms with Crippen molar-refractivity contribution >= 4 is 21.9 Å². The summed E-state index contributed by atoms with van der Waals surface area (Å²) in [7, 11) is 0. The zero-order chi connectivity index (χ0) is 13.9. The number of esters is 1. The van der Waals surface area contributed by atoms with Crippen molar-refractivity contribution in [2.75, 3.05) is 0 Å². The highest BCUT2D eigenvalue weighted by Gasteiger charge is 2.16. The predicted molar refractivity (Wildman–Crippen MR) is 69.5 cm³/mol. The quantitative estimate of drug-likeness (QED) is 0.844. The molecule has 1 N–H and O–H groups in total. The Bertz CT molecular complexity index is 553. The van der Waals surface area contributed by atoms with E-state index in [1.165, 1.54) is 10.8 Å². The Morgan fingerprint density at radius 2 is 2.06 bits per heavy atom. The van der Waals surface area contributed by atoms with Crippen molar-refractivity contribution in [1.82, 2.24) is 9.55 Å². The molecule has 0 saturated carbocycles. The smallest absolute Gasteiger partial charge is 0.328 e. The summed E-state index contributed by atoms with van der Waals surface area (Å²) in [5, 5.41) is 0. The molecule has 0 aromatic carbocycles. The minimum Gasteiger partial charge on any atom is -0.460 e. The Hall–Kier alpha value is -1.37. The Morgan fingerprint density at radius 3 is 2.61 bits per heavy atom. The molecule has 100 valence electrons. The van der Waals surface area contributed by atoms with Crippen LogP contribution < -0.4 is 11.2 Å². The van der Waals surface area contributed by atoms with E-state index in [-0.39, 0.29) is 17.4 Å². The van der Waals surface area contributed by atoms with Crippen molar-refractivity contribution in [3.63, 3.8) is 0 Å². The van der Waals surface area contributed by atoms with E-state index in [0.29, 0.717) is 0 Å². The summed E-state index contributed by atoms with van der Waals surface area (Å²) in [6.45, 7) is 5.47. The van der Waals surface area contributed by atoms with Crippen LogP contribution >= 0.6 is 15.9 Å². The third-order valence-electron chi connectivity index (χ3n) is 1.94. The summed E-state index contributed by atoms with van der Waals surface area (Å²) < 4.78 is 6.60. The van der Waals surface area contributed by atoms with Crippen LogP contribution in [0.5, 0.6) is 0 Å². The highest BCUT2D eigenvalue weighted by Crippen LogP contribution is 2.08. The largest absolute Gasteiger partial charge is 0.460 e. The molecule has 0 amide bonds. The van der Waals surface area contributed by atoms with Crippen molar-refractivity contribution in [3.8, 4) is 0 Å². The van der Waals surface area contributed by atoms with Gasteiger partial charge in [0, 0.05) is 12.7 Å². The van der Waals surface area contributed by atoms with E-state index in [9.17, 15) is 14.4 Å². The van der Waals surface area contributed by atoms with Gasteiger partial charge in [-0.05, 0) is 36.7 Å². The number of nitrogens with one attached hydrogen (secondary N) is 1. The lowest BCUT2D eigenvalue weighted by molar-refractivity contribution is -0.155. The lowest BCUT2D eigenvalue weighted by Gasteiger charge is -2.19. The third-order valence-corrected chi connectivity index (χ3v) is 2.51.